The maximum Gasteiger partial charge on any atom is 0.137 e. The summed E-state index contributed by atoms with van der Waals surface area (Å²) in [5.41, 5.74) is 0. The van der Waals surface area contributed by atoms with Crippen molar-refractivity contribution in [3.63, 3.8) is 0 Å². The Morgan fingerprint density at radius 1 is 1.50 bits per heavy atom. The van der Waals surface area contributed by atoms with Gasteiger partial charge in [-0.15, -0.1) is 0 Å². The van der Waals surface area contributed by atoms with Crippen LogP contribution in [0.1, 0.15) is 5.76 Å². The van der Waals surface area contributed by atoms with Gasteiger partial charge in [-0.2, -0.15) is 5.10 Å². The van der Waals surface area contributed by atoms with Crippen molar-refractivity contribution in [1.29, 1.82) is 0 Å². The van der Waals surface area contributed by atoms with Gasteiger partial charge in [-0.1, -0.05) is 6.08 Å². The highest BCUT2D eigenvalue weighted by atomic mass is 16.3. The Kier molecular flexibility index (Phi) is 3.90. The van der Waals surface area contributed by atoms with E-state index in [1.54, 1.807) is 17.3 Å². The summed E-state index contributed by atoms with van der Waals surface area (Å²) in [4.78, 5) is 3.87. The van der Waals surface area contributed by atoms with E-state index in [0.717, 1.165) is 25.4 Å². The van der Waals surface area contributed by atoms with Crippen molar-refractivity contribution in [2.24, 2.45) is 0 Å². The second-order valence-electron chi connectivity index (χ2n) is 3.28. The highest BCUT2D eigenvalue weighted by Gasteiger charge is 1.90. The van der Waals surface area contributed by atoms with Gasteiger partial charge >= 0.3 is 0 Å². The van der Waals surface area contributed by atoms with E-state index in [1.165, 1.54) is 6.33 Å². The first-order valence-electron chi connectivity index (χ1n) is 5.18. The number of rotatable bonds is 6. The first kappa shape index (κ1) is 10.6. The summed E-state index contributed by atoms with van der Waals surface area (Å²) in [5, 5.41) is 7.28. The fourth-order valence-electron chi connectivity index (χ4n) is 1.29. The zero-order valence-corrected chi connectivity index (χ0v) is 8.91. The van der Waals surface area contributed by atoms with Crippen LogP contribution in [0.25, 0.3) is 6.08 Å². The van der Waals surface area contributed by atoms with Crippen molar-refractivity contribution in [2.75, 3.05) is 13.1 Å². The molecule has 2 aromatic heterocycles. The molecule has 0 saturated carbocycles. The molecule has 16 heavy (non-hydrogen) atoms. The fourth-order valence-corrected chi connectivity index (χ4v) is 1.29. The molecular weight excluding hydrogens is 204 g/mol. The molecule has 1 N–H and O–H groups in total. The first-order valence-corrected chi connectivity index (χ1v) is 5.18. The highest BCUT2D eigenvalue weighted by molar-refractivity contribution is 5.42. The summed E-state index contributed by atoms with van der Waals surface area (Å²) >= 11 is 0. The molecule has 0 spiro atoms. The quantitative estimate of drug-likeness (QED) is 0.739. The van der Waals surface area contributed by atoms with Gasteiger partial charge in [-0.25, -0.2) is 4.98 Å². The van der Waals surface area contributed by atoms with Crippen LogP contribution in [0.5, 0.6) is 0 Å². The molecular formula is C11H14N4O. The molecule has 2 aromatic rings. The zero-order chi connectivity index (χ0) is 11.1. The van der Waals surface area contributed by atoms with E-state index in [1.807, 2.05) is 24.3 Å². The average molecular weight is 218 g/mol. The van der Waals surface area contributed by atoms with Crippen LogP contribution < -0.4 is 5.32 Å². The summed E-state index contributed by atoms with van der Waals surface area (Å²) in [5.74, 6) is 0.873. The van der Waals surface area contributed by atoms with Gasteiger partial charge in [-0.05, 0) is 18.2 Å². The third kappa shape index (κ3) is 3.36. The van der Waals surface area contributed by atoms with Crippen LogP contribution in [-0.2, 0) is 6.54 Å². The predicted octanol–water partition coefficient (Wildman–Crippen LogP) is 1.17. The maximum atomic E-state index is 5.16. The van der Waals surface area contributed by atoms with Crippen molar-refractivity contribution in [2.45, 2.75) is 6.54 Å². The Morgan fingerprint density at radius 2 is 2.50 bits per heavy atom. The molecule has 0 radical (unpaired) electrons. The maximum absolute atomic E-state index is 5.16. The molecule has 0 amide bonds. The van der Waals surface area contributed by atoms with Crippen LogP contribution in [0.2, 0.25) is 0 Å². The van der Waals surface area contributed by atoms with Crippen molar-refractivity contribution in [3.8, 4) is 0 Å². The van der Waals surface area contributed by atoms with Crippen LogP contribution in [-0.4, -0.2) is 27.9 Å². The smallest absolute Gasteiger partial charge is 0.137 e. The lowest BCUT2D eigenvalue weighted by Gasteiger charge is -2.00. The van der Waals surface area contributed by atoms with E-state index in [4.69, 9.17) is 4.42 Å². The monoisotopic (exact) mass is 218 g/mol. The van der Waals surface area contributed by atoms with E-state index in [0.29, 0.717) is 0 Å². The molecule has 0 aliphatic carbocycles. The lowest BCUT2D eigenvalue weighted by Crippen LogP contribution is -2.20. The Balaban J connectivity index is 1.59. The lowest BCUT2D eigenvalue weighted by molar-refractivity contribution is 0.556. The van der Waals surface area contributed by atoms with Crippen LogP contribution in [0.4, 0.5) is 0 Å². The van der Waals surface area contributed by atoms with Gasteiger partial charge in [0.05, 0.1) is 12.8 Å². The molecule has 5 heteroatoms. The van der Waals surface area contributed by atoms with Crippen molar-refractivity contribution >= 4 is 6.08 Å². The third-order valence-corrected chi connectivity index (χ3v) is 2.07. The van der Waals surface area contributed by atoms with Crippen LogP contribution in [0, 0.1) is 0 Å². The normalized spacial score (nSPS) is 11.2. The van der Waals surface area contributed by atoms with Gasteiger partial charge in [0.2, 0.25) is 0 Å². The molecule has 0 aliphatic heterocycles. The topological polar surface area (TPSA) is 55.9 Å². The molecule has 5 nitrogen and oxygen atoms in total. The second-order valence-corrected chi connectivity index (χ2v) is 3.28. The Bertz CT molecular complexity index is 405. The van der Waals surface area contributed by atoms with Crippen LogP contribution in [0.15, 0.2) is 41.5 Å². The number of aromatic nitrogens is 3. The van der Waals surface area contributed by atoms with Crippen molar-refractivity contribution in [1.82, 2.24) is 20.1 Å². The number of hydrogen-bond donors (Lipinski definition) is 1. The van der Waals surface area contributed by atoms with E-state index in [-0.39, 0.29) is 0 Å². The number of hydrogen-bond acceptors (Lipinski definition) is 4. The number of nitrogens with one attached hydrogen (secondary N) is 1. The van der Waals surface area contributed by atoms with Gasteiger partial charge < -0.3 is 9.73 Å². The summed E-state index contributed by atoms with van der Waals surface area (Å²) < 4.78 is 6.96. The molecule has 0 aliphatic rings. The van der Waals surface area contributed by atoms with Gasteiger partial charge in [0.25, 0.3) is 0 Å². The zero-order valence-electron chi connectivity index (χ0n) is 8.91. The molecule has 0 fully saturated rings. The first-order chi connectivity index (χ1) is 7.95. The molecule has 0 unspecified atom stereocenters. The molecule has 2 heterocycles. The third-order valence-electron chi connectivity index (χ3n) is 2.07. The standard InChI is InChI=1S/C11H14N4O/c1(3-11-4-2-8-16-11)5-12-6-7-15-10-13-9-14-15/h1-4,8-10,12H,5-7H2/b3-1+. The van der Waals surface area contributed by atoms with Gasteiger partial charge in [0.1, 0.15) is 18.4 Å². The minimum Gasteiger partial charge on any atom is -0.465 e. The predicted molar refractivity (Wildman–Crippen MR) is 60.6 cm³/mol. The fraction of sp³-hybridized carbons (Fsp3) is 0.273. The second kappa shape index (κ2) is 5.87. The average Bonchev–Trinajstić information content (AvgIpc) is 2.96. The molecule has 0 atom stereocenters. The molecule has 0 bridgehead atoms. The van der Waals surface area contributed by atoms with Crippen molar-refractivity contribution < 1.29 is 4.42 Å². The minimum absolute atomic E-state index is 0.815. The summed E-state index contributed by atoms with van der Waals surface area (Å²) in [6.45, 7) is 2.51. The van der Waals surface area contributed by atoms with Gasteiger partial charge in [0.15, 0.2) is 0 Å². The van der Waals surface area contributed by atoms with E-state index in [9.17, 15) is 0 Å². The summed E-state index contributed by atoms with van der Waals surface area (Å²) in [6.07, 6.45) is 8.89. The number of nitrogens with zero attached hydrogens (tertiary/aromatic N) is 3. The van der Waals surface area contributed by atoms with Crippen LogP contribution >= 0.6 is 0 Å². The van der Waals surface area contributed by atoms with E-state index < -0.39 is 0 Å². The molecule has 0 aromatic carbocycles. The summed E-state index contributed by atoms with van der Waals surface area (Å²) in [7, 11) is 0. The Hall–Kier alpha value is -1.88. The van der Waals surface area contributed by atoms with Gasteiger partial charge in [-0.3, -0.25) is 4.68 Å². The summed E-state index contributed by atoms with van der Waals surface area (Å²) in [6, 6.07) is 3.80. The van der Waals surface area contributed by atoms with Gasteiger partial charge in [0, 0.05) is 13.1 Å². The van der Waals surface area contributed by atoms with Crippen molar-refractivity contribution in [3.05, 3.63) is 42.9 Å². The van der Waals surface area contributed by atoms with E-state index >= 15 is 0 Å². The lowest BCUT2D eigenvalue weighted by atomic mass is 10.4. The highest BCUT2D eigenvalue weighted by Crippen LogP contribution is 2.01. The largest absolute Gasteiger partial charge is 0.465 e. The van der Waals surface area contributed by atoms with Crippen LogP contribution in [0.3, 0.4) is 0 Å². The molecule has 0 saturated heterocycles. The van der Waals surface area contributed by atoms with E-state index in [2.05, 4.69) is 15.4 Å². The molecule has 2 rings (SSSR count). The Labute approximate surface area is 93.8 Å². The Morgan fingerprint density at radius 3 is 3.25 bits per heavy atom. The SMILES string of the molecule is C(=C\c1ccco1)/CNCCn1cncn1. The number of furan rings is 1. The molecule has 84 valence electrons. The minimum atomic E-state index is 0.815.